The van der Waals surface area contributed by atoms with E-state index in [1.54, 1.807) is 17.0 Å². The van der Waals surface area contributed by atoms with Crippen LogP contribution in [0.2, 0.25) is 0 Å². The highest BCUT2D eigenvalue weighted by Crippen LogP contribution is 2.43. The molecular formula is C24H26F3N5O4. The van der Waals surface area contributed by atoms with Gasteiger partial charge in [0.1, 0.15) is 24.7 Å². The first-order valence-electron chi connectivity index (χ1n) is 11.8. The number of pyridine rings is 1. The lowest BCUT2D eigenvalue weighted by Gasteiger charge is -2.29. The van der Waals surface area contributed by atoms with E-state index in [0.29, 0.717) is 67.1 Å². The predicted octanol–water partition coefficient (Wildman–Crippen LogP) is 4.39. The lowest BCUT2D eigenvalue weighted by Crippen LogP contribution is -2.41. The highest BCUT2D eigenvalue weighted by Gasteiger charge is 2.35. The van der Waals surface area contributed by atoms with Crippen LogP contribution in [0, 0.1) is 0 Å². The number of nitrogens with zero attached hydrogens (tertiary/aromatic N) is 2. The van der Waals surface area contributed by atoms with Gasteiger partial charge >= 0.3 is 6.18 Å². The van der Waals surface area contributed by atoms with Crippen molar-refractivity contribution in [3.05, 3.63) is 35.5 Å². The first kappa shape index (κ1) is 24.0. The number of rotatable bonds is 6. The predicted molar refractivity (Wildman–Crippen MR) is 127 cm³/mol. The van der Waals surface area contributed by atoms with Gasteiger partial charge in [0.25, 0.3) is 5.91 Å². The van der Waals surface area contributed by atoms with E-state index in [9.17, 15) is 18.0 Å². The van der Waals surface area contributed by atoms with Crippen molar-refractivity contribution in [2.45, 2.75) is 19.5 Å². The number of nitrogens with one attached hydrogen (secondary N) is 3. The molecule has 0 radical (unpaired) electrons. The fourth-order valence-corrected chi connectivity index (χ4v) is 4.30. The van der Waals surface area contributed by atoms with Gasteiger partial charge in [-0.1, -0.05) is 6.92 Å². The van der Waals surface area contributed by atoms with Crippen molar-refractivity contribution in [3.63, 3.8) is 0 Å². The lowest BCUT2D eigenvalue weighted by atomic mass is 10.1. The Hall–Kier alpha value is -3.67. The van der Waals surface area contributed by atoms with Crippen molar-refractivity contribution >= 4 is 34.1 Å². The maximum Gasteiger partial charge on any atom is 0.418 e. The van der Waals surface area contributed by atoms with E-state index in [1.165, 1.54) is 6.07 Å². The SMILES string of the molecule is CCCNc1cc(Nc2ccc(C(=O)N3CCOCC3)c3c2OCCO3)nc2[nH]cc(C(F)(F)F)c12. The van der Waals surface area contributed by atoms with Crippen LogP contribution in [0.4, 0.5) is 30.4 Å². The molecule has 36 heavy (non-hydrogen) atoms. The summed E-state index contributed by atoms with van der Waals surface area (Å²) in [7, 11) is 0. The topological polar surface area (TPSA) is 101 Å². The van der Waals surface area contributed by atoms with Gasteiger partial charge < -0.3 is 34.7 Å². The van der Waals surface area contributed by atoms with E-state index in [-0.39, 0.29) is 30.2 Å². The van der Waals surface area contributed by atoms with Crippen molar-refractivity contribution in [3.8, 4) is 11.5 Å². The van der Waals surface area contributed by atoms with Crippen LogP contribution < -0.4 is 20.1 Å². The molecule has 192 valence electrons. The number of alkyl halides is 3. The zero-order valence-electron chi connectivity index (χ0n) is 19.6. The van der Waals surface area contributed by atoms with Crippen LogP contribution in [0.15, 0.2) is 24.4 Å². The van der Waals surface area contributed by atoms with Crippen molar-refractivity contribution in [1.29, 1.82) is 0 Å². The van der Waals surface area contributed by atoms with Crippen LogP contribution in [0.3, 0.4) is 0 Å². The summed E-state index contributed by atoms with van der Waals surface area (Å²) in [4.78, 5) is 21.8. The van der Waals surface area contributed by atoms with Gasteiger partial charge in [-0.05, 0) is 18.6 Å². The second-order valence-electron chi connectivity index (χ2n) is 8.45. The van der Waals surface area contributed by atoms with Crippen LogP contribution in [-0.4, -0.2) is 66.8 Å². The largest absolute Gasteiger partial charge is 0.485 e. The minimum Gasteiger partial charge on any atom is -0.485 e. The molecule has 0 spiro atoms. The summed E-state index contributed by atoms with van der Waals surface area (Å²) in [6, 6.07) is 4.87. The van der Waals surface area contributed by atoms with Crippen molar-refractivity contribution in [1.82, 2.24) is 14.9 Å². The zero-order chi connectivity index (χ0) is 25.3. The molecule has 0 atom stereocenters. The van der Waals surface area contributed by atoms with Crippen LogP contribution in [0.1, 0.15) is 29.3 Å². The molecule has 0 bridgehead atoms. The molecule has 3 aromatic rings. The van der Waals surface area contributed by atoms with Gasteiger partial charge in [0.2, 0.25) is 0 Å². The summed E-state index contributed by atoms with van der Waals surface area (Å²) < 4.78 is 57.7. The molecule has 4 heterocycles. The van der Waals surface area contributed by atoms with E-state index in [2.05, 4.69) is 20.6 Å². The minimum atomic E-state index is -4.52. The molecule has 1 fully saturated rings. The Bertz CT molecular complexity index is 1270. The van der Waals surface area contributed by atoms with E-state index in [4.69, 9.17) is 14.2 Å². The van der Waals surface area contributed by atoms with Crippen LogP contribution in [0.5, 0.6) is 11.5 Å². The van der Waals surface area contributed by atoms with Crippen LogP contribution in [0.25, 0.3) is 11.0 Å². The Morgan fingerprint density at radius 1 is 1.11 bits per heavy atom. The fourth-order valence-electron chi connectivity index (χ4n) is 4.30. The number of aromatic amines is 1. The number of halogens is 3. The number of hydrogen-bond acceptors (Lipinski definition) is 7. The van der Waals surface area contributed by atoms with Gasteiger partial charge in [-0.25, -0.2) is 4.98 Å². The number of fused-ring (bicyclic) bond motifs is 2. The highest BCUT2D eigenvalue weighted by molar-refractivity contribution is 5.99. The number of aromatic nitrogens is 2. The zero-order valence-corrected chi connectivity index (χ0v) is 19.6. The Kier molecular flexibility index (Phi) is 6.52. The number of carbonyl (C=O) groups excluding carboxylic acids is 1. The van der Waals surface area contributed by atoms with Crippen LogP contribution >= 0.6 is 0 Å². The molecule has 0 unspecified atom stereocenters. The highest BCUT2D eigenvalue weighted by atomic mass is 19.4. The van der Waals surface area contributed by atoms with Crippen molar-refractivity contribution in [2.24, 2.45) is 0 Å². The minimum absolute atomic E-state index is 0.0189. The normalized spacial score (nSPS) is 15.7. The fraction of sp³-hybridized carbons (Fsp3) is 0.417. The summed E-state index contributed by atoms with van der Waals surface area (Å²) in [5.41, 5.74) is 0.485. The first-order chi connectivity index (χ1) is 17.4. The molecule has 2 aliphatic rings. The summed E-state index contributed by atoms with van der Waals surface area (Å²) >= 11 is 0. The maximum atomic E-state index is 13.6. The Labute approximate surface area is 204 Å². The molecule has 0 saturated carbocycles. The number of carbonyl (C=O) groups is 1. The van der Waals surface area contributed by atoms with Crippen molar-refractivity contribution in [2.75, 3.05) is 56.7 Å². The molecule has 3 N–H and O–H groups in total. The summed E-state index contributed by atoms with van der Waals surface area (Å²) in [5, 5.41) is 6.18. The Morgan fingerprint density at radius 2 is 1.86 bits per heavy atom. The molecule has 9 nitrogen and oxygen atoms in total. The average molecular weight is 505 g/mol. The van der Waals surface area contributed by atoms with Gasteiger partial charge in [0.15, 0.2) is 11.5 Å². The molecule has 12 heteroatoms. The number of anilines is 3. The average Bonchev–Trinajstić information content (AvgIpc) is 3.33. The van der Waals surface area contributed by atoms with Gasteiger partial charge in [-0.2, -0.15) is 13.2 Å². The number of morpholine rings is 1. The molecule has 0 aliphatic carbocycles. The van der Waals surface area contributed by atoms with E-state index in [0.717, 1.165) is 12.6 Å². The van der Waals surface area contributed by atoms with Gasteiger partial charge in [-0.15, -0.1) is 0 Å². The molecule has 1 saturated heterocycles. The van der Waals surface area contributed by atoms with Gasteiger partial charge in [0, 0.05) is 37.6 Å². The van der Waals surface area contributed by atoms with Gasteiger partial charge in [-0.3, -0.25) is 4.79 Å². The number of amides is 1. The van der Waals surface area contributed by atoms with E-state index in [1.807, 2.05) is 6.92 Å². The smallest absolute Gasteiger partial charge is 0.418 e. The molecule has 2 aliphatic heterocycles. The molecule has 5 rings (SSSR count). The van der Waals surface area contributed by atoms with Crippen LogP contribution in [-0.2, 0) is 10.9 Å². The quantitative estimate of drug-likeness (QED) is 0.457. The van der Waals surface area contributed by atoms with Crippen molar-refractivity contribution < 1.29 is 32.2 Å². The molecule has 2 aromatic heterocycles. The van der Waals surface area contributed by atoms with Gasteiger partial charge in [0.05, 0.1) is 35.4 Å². The number of benzene rings is 1. The third-order valence-corrected chi connectivity index (χ3v) is 5.99. The third kappa shape index (κ3) is 4.60. The summed E-state index contributed by atoms with van der Waals surface area (Å²) in [5.74, 6) is 0.809. The Balaban J connectivity index is 1.51. The van der Waals surface area contributed by atoms with E-state index < -0.39 is 11.7 Å². The second kappa shape index (κ2) is 9.76. The summed E-state index contributed by atoms with van der Waals surface area (Å²) in [6.07, 6.45) is -2.87. The number of ether oxygens (including phenoxy) is 3. The monoisotopic (exact) mass is 505 g/mol. The third-order valence-electron chi connectivity index (χ3n) is 5.99. The lowest BCUT2D eigenvalue weighted by molar-refractivity contribution is -0.136. The maximum absolute atomic E-state index is 13.6. The second-order valence-corrected chi connectivity index (χ2v) is 8.45. The first-order valence-corrected chi connectivity index (χ1v) is 11.8. The molecular weight excluding hydrogens is 479 g/mol. The summed E-state index contributed by atoms with van der Waals surface area (Å²) in [6.45, 7) is 4.92. The van der Waals surface area contributed by atoms with E-state index >= 15 is 0 Å². The number of H-pyrrole nitrogens is 1. The molecule has 1 amide bonds. The number of hydrogen-bond donors (Lipinski definition) is 3. The Morgan fingerprint density at radius 3 is 2.58 bits per heavy atom. The molecule has 1 aromatic carbocycles. The standard InChI is InChI=1S/C24H26F3N5O4/c1-2-5-28-17-12-18(31-22-19(17)15(13-29-22)24(25,26)27)30-16-4-3-14(20-21(16)36-11-10-35-20)23(33)32-6-8-34-9-7-32/h3-4,12-13H,2,5-11H2,1H3,(H3,28,29,30,31).